The molecule has 16 heavy (non-hydrogen) atoms. The number of aliphatic hydroxyl groups is 1. The lowest BCUT2D eigenvalue weighted by atomic mass is 10.3. The Morgan fingerprint density at radius 3 is 2.12 bits per heavy atom. The summed E-state index contributed by atoms with van der Waals surface area (Å²) in [6.45, 7) is 5.68. The topological polar surface area (TPSA) is 56.2 Å². The van der Waals surface area contributed by atoms with Gasteiger partial charge in [0, 0.05) is 39.3 Å². The minimum atomic E-state index is 0.0829. The van der Waals surface area contributed by atoms with Gasteiger partial charge in [0.1, 0.15) is 0 Å². The zero-order chi connectivity index (χ0) is 11.4. The van der Waals surface area contributed by atoms with Crippen molar-refractivity contribution in [2.24, 2.45) is 0 Å². The van der Waals surface area contributed by atoms with Gasteiger partial charge in [0.15, 0.2) is 0 Å². The summed E-state index contributed by atoms with van der Waals surface area (Å²) in [7, 11) is 0. The Morgan fingerprint density at radius 1 is 1.00 bits per heavy atom. The predicted octanol–water partition coefficient (Wildman–Crippen LogP) is -0.994. The average molecular weight is 229 g/mol. The van der Waals surface area contributed by atoms with Crippen LogP contribution in [0.5, 0.6) is 0 Å². The van der Waals surface area contributed by atoms with E-state index >= 15 is 0 Å². The van der Waals surface area contributed by atoms with Crippen molar-refractivity contribution in [1.29, 1.82) is 0 Å². The van der Waals surface area contributed by atoms with E-state index in [-0.39, 0.29) is 12.8 Å². The van der Waals surface area contributed by atoms with Crippen molar-refractivity contribution in [3.8, 4) is 0 Å². The Morgan fingerprint density at radius 2 is 1.56 bits per heavy atom. The number of aliphatic hydroxyl groups excluding tert-OH is 1. The van der Waals surface area contributed by atoms with Crippen molar-refractivity contribution < 1.29 is 14.6 Å². The Hall–Kier alpha value is -0.850. The summed E-state index contributed by atoms with van der Waals surface area (Å²) in [5.41, 5.74) is 0. The molecule has 0 radical (unpaired) electrons. The third-order valence-corrected chi connectivity index (χ3v) is 3.12. The molecular weight excluding hydrogens is 210 g/mol. The van der Waals surface area contributed by atoms with E-state index in [1.807, 2.05) is 14.7 Å². The average Bonchev–Trinajstić information content (AvgIpc) is 2.39. The van der Waals surface area contributed by atoms with Crippen molar-refractivity contribution in [1.82, 2.24) is 14.7 Å². The molecule has 0 bridgehead atoms. The van der Waals surface area contributed by atoms with Crippen LogP contribution in [0.4, 0.5) is 4.79 Å². The molecule has 1 N–H and O–H groups in total. The van der Waals surface area contributed by atoms with E-state index in [1.54, 1.807) is 0 Å². The van der Waals surface area contributed by atoms with Gasteiger partial charge in [0.05, 0.1) is 19.9 Å². The molecular formula is C10H19N3O3. The Bertz CT molecular complexity index is 235. The summed E-state index contributed by atoms with van der Waals surface area (Å²) in [6.07, 6.45) is 0. The van der Waals surface area contributed by atoms with Crippen LogP contribution >= 0.6 is 0 Å². The lowest BCUT2D eigenvalue weighted by Gasteiger charge is -2.37. The van der Waals surface area contributed by atoms with Gasteiger partial charge < -0.3 is 19.6 Å². The van der Waals surface area contributed by atoms with Gasteiger partial charge in [-0.25, -0.2) is 4.79 Å². The fourth-order valence-electron chi connectivity index (χ4n) is 2.04. The molecule has 0 aromatic rings. The summed E-state index contributed by atoms with van der Waals surface area (Å²) >= 11 is 0. The standard InChI is InChI=1S/C10H19N3O3/c14-9-11-1-3-12(4-2-11)10(15)13-5-7-16-8-6-13/h14H,1-9H2. The number of piperazine rings is 1. The van der Waals surface area contributed by atoms with Gasteiger partial charge in [0.2, 0.25) is 0 Å². The number of nitrogens with zero attached hydrogens (tertiary/aromatic N) is 3. The highest BCUT2D eigenvalue weighted by Gasteiger charge is 2.25. The summed E-state index contributed by atoms with van der Waals surface area (Å²) in [5, 5.41) is 8.96. The van der Waals surface area contributed by atoms with E-state index in [2.05, 4.69) is 0 Å². The number of urea groups is 1. The van der Waals surface area contributed by atoms with Gasteiger partial charge >= 0.3 is 6.03 Å². The third kappa shape index (κ3) is 2.63. The molecule has 0 aromatic heterocycles. The second kappa shape index (κ2) is 5.47. The molecule has 0 unspecified atom stereocenters. The van der Waals surface area contributed by atoms with Gasteiger partial charge in [-0.3, -0.25) is 4.90 Å². The molecule has 2 fully saturated rings. The summed E-state index contributed by atoms with van der Waals surface area (Å²) < 4.78 is 5.22. The molecule has 2 rings (SSSR count). The van der Waals surface area contributed by atoms with E-state index in [1.165, 1.54) is 0 Å². The number of rotatable bonds is 1. The minimum Gasteiger partial charge on any atom is -0.381 e. The first-order valence-electron chi connectivity index (χ1n) is 5.76. The van der Waals surface area contributed by atoms with E-state index in [0.717, 1.165) is 13.1 Å². The van der Waals surface area contributed by atoms with Crippen LogP contribution in [0.2, 0.25) is 0 Å². The highest BCUT2D eigenvalue weighted by molar-refractivity contribution is 5.74. The quantitative estimate of drug-likeness (QED) is 0.627. The Kier molecular flexibility index (Phi) is 3.98. The Balaban J connectivity index is 1.81. The van der Waals surface area contributed by atoms with Crippen molar-refractivity contribution in [3.05, 3.63) is 0 Å². The van der Waals surface area contributed by atoms with Gasteiger partial charge in [-0.2, -0.15) is 0 Å². The van der Waals surface area contributed by atoms with Crippen LogP contribution in [-0.4, -0.2) is 85.1 Å². The SMILES string of the molecule is O=C(N1CCOCC1)N1CCN(CO)CC1. The lowest BCUT2D eigenvalue weighted by molar-refractivity contribution is 0.0282. The van der Waals surface area contributed by atoms with Crippen LogP contribution < -0.4 is 0 Å². The van der Waals surface area contributed by atoms with E-state index < -0.39 is 0 Å². The zero-order valence-corrected chi connectivity index (χ0v) is 9.47. The van der Waals surface area contributed by atoms with Crippen LogP contribution in [0.25, 0.3) is 0 Å². The van der Waals surface area contributed by atoms with E-state index in [9.17, 15) is 4.79 Å². The molecule has 0 saturated carbocycles. The monoisotopic (exact) mass is 229 g/mol. The van der Waals surface area contributed by atoms with Gasteiger partial charge in [-0.15, -0.1) is 0 Å². The maximum absolute atomic E-state index is 12.1. The van der Waals surface area contributed by atoms with E-state index in [4.69, 9.17) is 9.84 Å². The molecule has 2 heterocycles. The molecule has 0 aliphatic carbocycles. The third-order valence-electron chi connectivity index (χ3n) is 3.12. The number of ether oxygens (including phenoxy) is 1. The highest BCUT2D eigenvalue weighted by Crippen LogP contribution is 2.07. The van der Waals surface area contributed by atoms with E-state index in [0.29, 0.717) is 39.4 Å². The Labute approximate surface area is 95.4 Å². The number of hydrogen-bond acceptors (Lipinski definition) is 4. The maximum atomic E-state index is 12.1. The smallest absolute Gasteiger partial charge is 0.320 e. The number of carbonyl (C=O) groups excluding carboxylic acids is 1. The molecule has 0 aromatic carbocycles. The van der Waals surface area contributed by atoms with Crippen LogP contribution in [0, 0.1) is 0 Å². The molecule has 0 spiro atoms. The minimum absolute atomic E-state index is 0.0829. The molecule has 92 valence electrons. The summed E-state index contributed by atoms with van der Waals surface area (Å²) in [4.78, 5) is 17.7. The normalized spacial score (nSPS) is 23.6. The number of hydrogen-bond donors (Lipinski definition) is 1. The first-order valence-corrected chi connectivity index (χ1v) is 5.76. The van der Waals surface area contributed by atoms with Crippen molar-refractivity contribution in [3.63, 3.8) is 0 Å². The van der Waals surface area contributed by atoms with Crippen LogP contribution in [-0.2, 0) is 4.74 Å². The molecule has 6 heteroatoms. The van der Waals surface area contributed by atoms with Gasteiger partial charge in [-0.1, -0.05) is 0 Å². The van der Waals surface area contributed by atoms with Gasteiger partial charge in [0.25, 0.3) is 0 Å². The number of carbonyl (C=O) groups is 1. The molecule has 6 nitrogen and oxygen atoms in total. The summed E-state index contributed by atoms with van der Waals surface area (Å²) in [6, 6.07) is 0.112. The molecule has 2 aliphatic heterocycles. The largest absolute Gasteiger partial charge is 0.381 e. The lowest BCUT2D eigenvalue weighted by Crippen LogP contribution is -2.54. The van der Waals surface area contributed by atoms with Crippen LogP contribution in [0.15, 0.2) is 0 Å². The van der Waals surface area contributed by atoms with Crippen LogP contribution in [0.1, 0.15) is 0 Å². The zero-order valence-electron chi connectivity index (χ0n) is 9.47. The maximum Gasteiger partial charge on any atom is 0.320 e. The molecule has 2 amide bonds. The molecule has 2 aliphatic rings. The summed E-state index contributed by atoms with van der Waals surface area (Å²) in [5.74, 6) is 0. The fourth-order valence-corrected chi connectivity index (χ4v) is 2.04. The van der Waals surface area contributed by atoms with Gasteiger partial charge in [-0.05, 0) is 0 Å². The second-order valence-electron chi connectivity index (χ2n) is 4.13. The van der Waals surface area contributed by atoms with Crippen molar-refractivity contribution in [2.45, 2.75) is 0 Å². The number of morpholine rings is 1. The highest BCUT2D eigenvalue weighted by atomic mass is 16.5. The first kappa shape index (κ1) is 11.6. The fraction of sp³-hybridized carbons (Fsp3) is 0.900. The first-order chi connectivity index (χ1) is 7.81. The van der Waals surface area contributed by atoms with Crippen molar-refractivity contribution >= 4 is 6.03 Å². The predicted molar refractivity (Wildman–Crippen MR) is 58.0 cm³/mol. The molecule has 2 saturated heterocycles. The number of amides is 2. The molecule has 0 atom stereocenters. The second-order valence-corrected chi connectivity index (χ2v) is 4.13. The van der Waals surface area contributed by atoms with Crippen molar-refractivity contribution in [2.75, 3.05) is 59.2 Å². The van der Waals surface area contributed by atoms with Crippen LogP contribution in [0.3, 0.4) is 0 Å².